The molecule has 0 aliphatic carbocycles. The van der Waals surface area contributed by atoms with Crippen molar-refractivity contribution in [2.75, 3.05) is 19.0 Å². The van der Waals surface area contributed by atoms with Crippen LogP contribution in [0.3, 0.4) is 0 Å². The van der Waals surface area contributed by atoms with Crippen molar-refractivity contribution in [1.82, 2.24) is 4.98 Å². The number of aromatic amines is 1. The average Bonchev–Trinajstić information content (AvgIpc) is 2.99. The first-order valence-corrected chi connectivity index (χ1v) is 7.40. The third-order valence-corrected chi connectivity index (χ3v) is 3.50. The summed E-state index contributed by atoms with van der Waals surface area (Å²) >= 11 is 0. The number of nitrogens with one attached hydrogen (secondary N) is 2. The highest BCUT2D eigenvalue weighted by Crippen LogP contribution is 2.24. The molecule has 5 nitrogen and oxygen atoms in total. The molecule has 3 aromatic rings. The summed E-state index contributed by atoms with van der Waals surface area (Å²) in [4.78, 5) is 14.9. The highest BCUT2D eigenvalue weighted by molar-refractivity contribution is 5.95. The number of benzene rings is 2. The van der Waals surface area contributed by atoms with Crippen molar-refractivity contribution >= 4 is 28.2 Å². The van der Waals surface area contributed by atoms with Gasteiger partial charge in [0.25, 0.3) is 0 Å². The predicted octanol–water partition coefficient (Wildman–Crippen LogP) is 4.10. The molecule has 0 aliphatic heterocycles. The molecular weight excluding hydrogens is 292 g/mol. The van der Waals surface area contributed by atoms with Crippen molar-refractivity contribution in [3.63, 3.8) is 0 Å². The maximum absolute atomic E-state index is 11.8. The summed E-state index contributed by atoms with van der Waals surface area (Å²) in [6.45, 7) is 2.15. The summed E-state index contributed by atoms with van der Waals surface area (Å²) in [6, 6.07) is 15.4. The van der Waals surface area contributed by atoms with E-state index in [1.165, 1.54) is 0 Å². The number of rotatable bonds is 5. The van der Waals surface area contributed by atoms with Crippen LogP contribution in [0.1, 0.15) is 17.4 Å². The Kier molecular flexibility index (Phi) is 4.19. The van der Waals surface area contributed by atoms with Crippen LogP contribution in [-0.2, 0) is 4.74 Å². The SMILES string of the molecule is CCOC(=O)c1cc2ccc(Nc3ccc(OC)cc3)cc2[nH]1. The van der Waals surface area contributed by atoms with E-state index in [1.807, 2.05) is 42.5 Å². The van der Waals surface area contributed by atoms with Gasteiger partial charge in [-0.25, -0.2) is 4.79 Å². The smallest absolute Gasteiger partial charge is 0.354 e. The van der Waals surface area contributed by atoms with Gasteiger partial charge in [-0.15, -0.1) is 0 Å². The number of hydrogen-bond acceptors (Lipinski definition) is 4. The van der Waals surface area contributed by atoms with E-state index in [0.29, 0.717) is 12.3 Å². The van der Waals surface area contributed by atoms with Gasteiger partial charge >= 0.3 is 5.97 Å². The van der Waals surface area contributed by atoms with Crippen molar-refractivity contribution in [1.29, 1.82) is 0 Å². The number of hydrogen-bond donors (Lipinski definition) is 2. The Labute approximate surface area is 134 Å². The fourth-order valence-corrected chi connectivity index (χ4v) is 2.36. The van der Waals surface area contributed by atoms with E-state index in [4.69, 9.17) is 9.47 Å². The minimum Gasteiger partial charge on any atom is -0.497 e. The van der Waals surface area contributed by atoms with E-state index in [2.05, 4.69) is 10.3 Å². The molecule has 0 saturated carbocycles. The molecule has 23 heavy (non-hydrogen) atoms. The molecule has 1 aromatic heterocycles. The lowest BCUT2D eigenvalue weighted by Crippen LogP contribution is -2.04. The number of H-pyrrole nitrogens is 1. The highest BCUT2D eigenvalue weighted by atomic mass is 16.5. The van der Waals surface area contributed by atoms with Gasteiger partial charge in [0.2, 0.25) is 0 Å². The van der Waals surface area contributed by atoms with Crippen molar-refractivity contribution in [2.24, 2.45) is 0 Å². The first-order valence-electron chi connectivity index (χ1n) is 7.40. The van der Waals surface area contributed by atoms with Crippen LogP contribution in [-0.4, -0.2) is 24.7 Å². The van der Waals surface area contributed by atoms with Gasteiger partial charge in [-0.2, -0.15) is 0 Å². The van der Waals surface area contributed by atoms with E-state index >= 15 is 0 Å². The van der Waals surface area contributed by atoms with Crippen LogP contribution < -0.4 is 10.1 Å². The Morgan fingerprint density at radius 3 is 2.52 bits per heavy atom. The maximum atomic E-state index is 11.8. The molecule has 5 heteroatoms. The predicted molar refractivity (Wildman–Crippen MR) is 90.5 cm³/mol. The molecule has 1 heterocycles. The minimum atomic E-state index is -0.339. The zero-order valence-corrected chi connectivity index (χ0v) is 13.1. The van der Waals surface area contributed by atoms with Gasteiger partial charge in [0, 0.05) is 22.3 Å². The second kappa shape index (κ2) is 6.44. The highest BCUT2D eigenvalue weighted by Gasteiger charge is 2.10. The summed E-state index contributed by atoms with van der Waals surface area (Å²) in [5.74, 6) is 0.475. The Hall–Kier alpha value is -2.95. The van der Waals surface area contributed by atoms with E-state index in [0.717, 1.165) is 28.0 Å². The monoisotopic (exact) mass is 310 g/mol. The van der Waals surface area contributed by atoms with Crippen LogP contribution >= 0.6 is 0 Å². The second-order valence-corrected chi connectivity index (χ2v) is 5.06. The van der Waals surface area contributed by atoms with Gasteiger partial charge < -0.3 is 19.8 Å². The molecular formula is C18H18N2O3. The zero-order valence-electron chi connectivity index (χ0n) is 13.1. The quantitative estimate of drug-likeness (QED) is 0.697. The van der Waals surface area contributed by atoms with Crippen LogP contribution in [0, 0.1) is 0 Å². The number of methoxy groups -OCH3 is 1. The van der Waals surface area contributed by atoms with Crippen LogP contribution in [0.4, 0.5) is 11.4 Å². The molecule has 2 aromatic carbocycles. The van der Waals surface area contributed by atoms with Crippen molar-refractivity contribution < 1.29 is 14.3 Å². The average molecular weight is 310 g/mol. The number of anilines is 2. The first-order chi connectivity index (χ1) is 11.2. The number of carbonyl (C=O) groups excluding carboxylic acids is 1. The molecule has 0 saturated heterocycles. The van der Waals surface area contributed by atoms with Crippen molar-refractivity contribution in [3.8, 4) is 5.75 Å². The van der Waals surface area contributed by atoms with Crippen molar-refractivity contribution in [3.05, 3.63) is 54.2 Å². The van der Waals surface area contributed by atoms with Gasteiger partial charge in [0.05, 0.1) is 13.7 Å². The van der Waals surface area contributed by atoms with E-state index in [9.17, 15) is 4.79 Å². The topological polar surface area (TPSA) is 63.4 Å². The fraction of sp³-hybridized carbons (Fsp3) is 0.167. The number of ether oxygens (including phenoxy) is 2. The third kappa shape index (κ3) is 3.29. The summed E-state index contributed by atoms with van der Waals surface area (Å²) in [5.41, 5.74) is 3.23. The van der Waals surface area contributed by atoms with Crippen LogP contribution in [0.25, 0.3) is 10.9 Å². The second-order valence-electron chi connectivity index (χ2n) is 5.06. The van der Waals surface area contributed by atoms with Gasteiger partial charge in [-0.1, -0.05) is 6.07 Å². The van der Waals surface area contributed by atoms with E-state index in [1.54, 1.807) is 20.1 Å². The Morgan fingerprint density at radius 2 is 1.83 bits per heavy atom. The number of fused-ring (bicyclic) bond motifs is 1. The number of aromatic nitrogens is 1. The zero-order chi connectivity index (χ0) is 16.2. The van der Waals surface area contributed by atoms with E-state index in [-0.39, 0.29) is 5.97 Å². The minimum absolute atomic E-state index is 0.339. The lowest BCUT2D eigenvalue weighted by Gasteiger charge is -2.07. The molecule has 118 valence electrons. The Balaban J connectivity index is 1.82. The van der Waals surface area contributed by atoms with Crippen LogP contribution in [0.5, 0.6) is 5.75 Å². The molecule has 3 rings (SSSR count). The summed E-state index contributed by atoms with van der Waals surface area (Å²) < 4.78 is 10.2. The summed E-state index contributed by atoms with van der Waals surface area (Å²) in [7, 11) is 1.64. The van der Waals surface area contributed by atoms with Gasteiger partial charge in [-0.3, -0.25) is 0 Å². The normalized spacial score (nSPS) is 10.5. The number of carbonyl (C=O) groups is 1. The van der Waals surface area contributed by atoms with Gasteiger partial charge in [-0.05, 0) is 49.4 Å². The molecule has 2 N–H and O–H groups in total. The maximum Gasteiger partial charge on any atom is 0.354 e. The van der Waals surface area contributed by atoms with E-state index < -0.39 is 0 Å². The van der Waals surface area contributed by atoms with Crippen molar-refractivity contribution in [2.45, 2.75) is 6.92 Å². The first kappa shape index (κ1) is 15.0. The van der Waals surface area contributed by atoms with Crippen LogP contribution in [0.15, 0.2) is 48.5 Å². The third-order valence-electron chi connectivity index (χ3n) is 3.50. The van der Waals surface area contributed by atoms with Gasteiger partial charge in [0.1, 0.15) is 11.4 Å². The summed E-state index contributed by atoms with van der Waals surface area (Å²) in [5, 5.41) is 4.29. The lowest BCUT2D eigenvalue weighted by atomic mass is 10.2. The molecule has 0 aliphatic rings. The lowest BCUT2D eigenvalue weighted by molar-refractivity contribution is 0.0520. The summed E-state index contributed by atoms with van der Waals surface area (Å²) in [6.07, 6.45) is 0. The van der Waals surface area contributed by atoms with Gasteiger partial charge in [0.15, 0.2) is 0 Å². The molecule has 0 spiro atoms. The fourth-order valence-electron chi connectivity index (χ4n) is 2.36. The molecule has 0 atom stereocenters. The molecule has 0 bridgehead atoms. The molecule has 0 unspecified atom stereocenters. The molecule has 0 amide bonds. The Bertz CT molecular complexity index is 822. The van der Waals surface area contributed by atoms with Crippen LogP contribution in [0.2, 0.25) is 0 Å². The largest absolute Gasteiger partial charge is 0.497 e. The Morgan fingerprint density at radius 1 is 1.09 bits per heavy atom. The molecule has 0 radical (unpaired) electrons. The standard InChI is InChI=1S/C18H18N2O3/c1-3-23-18(21)17-10-12-4-5-14(11-16(12)20-17)19-13-6-8-15(22-2)9-7-13/h4-11,19-20H,3H2,1-2H3. The number of esters is 1. The molecule has 0 fully saturated rings.